The van der Waals surface area contributed by atoms with Crippen LogP contribution in [0, 0.1) is 5.92 Å². The van der Waals surface area contributed by atoms with Gasteiger partial charge in [-0.1, -0.05) is 6.92 Å². The highest BCUT2D eigenvalue weighted by atomic mass is 79.9. The van der Waals surface area contributed by atoms with E-state index in [-0.39, 0.29) is 5.91 Å². The third-order valence-corrected chi connectivity index (χ3v) is 4.03. The summed E-state index contributed by atoms with van der Waals surface area (Å²) in [6, 6.07) is 1.90. The first-order chi connectivity index (χ1) is 6.66. The molecule has 0 saturated carbocycles. The molecule has 0 N–H and O–H groups in total. The number of likely N-dealkylation sites (tertiary alicyclic amines) is 1. The van der Waals surface area contributed by atoms with Crippen molar-refractivity contribution in [2.45, 2.75) is 13.3 Å². The van der Waals surface area contributed by atoms with Gasteiger partial charge in [0, 0.05) is 18.5 Å². The highest BCUT2D eigenvalue weighted by molar-refractivity contribution is 9.11. The third kappa shape index (κ3) is 2.01. The first-order valence-electron chi connectivity index (χ1n) is 4.70. The van der Waals surface area contributed by atoms with Crippen LogP contribution in [0.4, 0.5) is 0 Å². The van der Waals surface area contributed by atoms with E-state index in [0.717, 1.165) is 28.9 Å². The predicted octanol–water partition coefficient (Wildman–Crippen LogP) is 2.99. The molecule has 1 atom stereocenters. The Balaban J connectivity index is 2.09. The lowest BCUT2D eigenvalue weighted by atomic mass is 10.2. The number of thiophene rings is 1. The van der Waals surface area contributed by atoms with Crippen molar-refractivity contribution in [3.8, 4) is 0 Å². The average molecular weight is 274 g/mol. The van der Waals surface area contributed by atoms with Crippen LogP contribution < -0.4 is 0 Å². The lowest BCUT2D eigenvalue weighted by Crippen LogP contribution is -2.27. The minimum absolute atomic E-state index is 0.177. The first kappa shape index (κ1) is 10.2. The molecule has 1 aliphatic rings. The Morgan fingerprint density at radius 3 is 3.00 bits per heavy atom. The van der Waals surface area contributed by atoms with Crippen molar-refractivity contribution in [2.24, 2.45) is 5.92 Å². The van der Waals surface area contributed by atoms with Gasteiger partial charge in [0.2, 0.25) is 0 Å². The Bertz CT molecular complexity index is 350. The van der Waals surface area contributed by atoms with Gasteiger partial charge in [-0.15, -0.1) is 11.3 Å². The van der Waals surface area contributed by atoms with E-state index in [1.807, 2.05) is 16.3 Å². The van der Waals surface area contributed by atoms with Crippen molar-refractivity contribution in [3.63, 3.8) is 0 Å². The largest absolute Gasteiger partial charge is 0.338 e. The molecular weight excluding hydrogens is 262 g/mol. The quantitative estimate of drug-likeness (QED) is 0.771. The smallest absolute Gasteiger partial charge is 0.254 e. The molecule has 2 rings (SSSR count). The standard InChI is InChI=1S/C10H12BrNOS/c1-7-2-3-12(5-7)10(13)8-4-9(11)14-6-8/h4,6-7H,2-3,5H2,1H3. The molecule has 14 heavy (non-hydrogen) atoms. The second kappa shape index (κ2) is 4.03. The predicted molar refractivity (Wildman–Crippen MR) is 61.7 cm³/mol. The molecule has 1 unspecified atom stereocenters. The van der Waals surface area contributed by atoms with Crippen LogP contribution in [0.2, 0.25) is 0 Å². The molecule has 2 nitrogen and oxygen atoms in total. The van der Waals surface area contributed by atoms with Crippen LogP contribution in [0.1, 0.15) is 23.7 Å². The maximum absolute atomic E-state index is 11.9. The molecule has 0 aliphatic carbocycles. The van der Waals surface area contributed by atoms with Crippen LogP contribution >= 0.6 is 27.3 Å². The second-order valence-electron chi connectivity index (χ2n) is 3.78. The first-order valence-corrected chi connectivity index (χ1v) is 6.37. The normalized spacial score (nSPS) is 21.6. The van der Waals surface area contributed by atoms with E-state index in [0.29, 0.717) is 5.92 Å². The summed E-state index contributed by atoms with van der Waals surface area (Å²) in [5, 5.41) is 1.91. The van der Waals surface area contributed by atoms with Gasteiger partial charge in [0.15, 0.2) is 0 Å². The van der Waals surface area contributed by atoms with Crippen LogP contribution in [-0.2, 0) is 0 Å². The highest BCUT2D eigenvalue weighted by Gasteiger charge is 2.24. The molecule has 0 aromatic carbocycles. The van der Waals surface area contributed by atoms with Gasteiger partial charge in [-0.25, -0.2) is 0 Å². The van der Waals surface area contributed by atoms with Crippen LogP contribution in [0.15, 0.2) is 15.2 Å². The van der Waals surface area contributed by atoms with Crippen molar-refractivity contribution in [2.75, 3.05) is 13.1 Å². The Hall–Kier alpha value is -0.350. The van der Waals surface area contributed by atoms with E-state index >= 15 is 0 Å². The Kier molecular flexibility index (Phi) is 2.93. The van der Waals surface area contributed by atoms with Gasteiger partial charge in [0.1, 0.15) is 0 Å². The minimum atomic E-state index is 0.177. The number of carbonyl (C=O) groups excluding carboxylic acids is 1. The maximum atomic E-state index is 11.9. The van der Waals surface area contributed by atoms with Crippen molar-refractivity contribution in [1.29, 1.82) is 0 Å². The second-order valence-corrected chi connectivity index (χ2v) is 6.07. The zero-order valence-electron chi connectivity index (χ0n) is 8.00. The molecule has 1 saturated heterocycles. The number of nitrogens with zero attached hydrogens (tertiary/aromatic N) is 1. The van der Waals surface area contributed by atoms with Crippen LogP contribution in [0.3, 0.4) is 0 Å². The van der Waals surface area contributed by atoms with Crippen molar-refractivity contribution in [3.05, 3.63) is 20.8 Å². The molecular formula is C10H12BrNOS. The van der Waals surface area contributed by atoms with Gasteiger partial charge < -0.3 is 4.90 Å². The SMILES string of the molecule is CC1CCN(C(=O)c2csc(Br)c2)C1. The summed E-state index contributed by atoms with van der Waals surface area (Å²) >= 11 is 4.93. The number of amides is 1. The summed E-state index contributed by atoms with van der Waals surface area (Å²) in [5.41, 5.74) is 0.816. The topological polar surface area (TPSA) is 20.3 Å². The van der Waals surface area contributed by atoms with Crippen LogP contribution in [0.5, 0.6) is 0 Å². The van der Waals surface area contributed by atoms with E-state index in [1.54, 1.807) is 11.3 Å². The zero-order valence-corrected chi connectivity index (χ0v) is 10.4. The Labute approximate surface area is 96.0 Å². The number of rotatable bonds is 1. The molecule has 1 aliphatic heterocycles. The molecule has 4 heteroatoms. The molecule has 1 aromatic heterocycles. The van der Waals surface area contributed by atoms with E-state index in [1.165, 1.54) is 0 Å². The average Bonchev–Trinajstić information content (AvgIpc) is 2.73. The lowest BCUT2D eigenvalue weighted by Gasteiger charge is -2.14. The summed E-state index contributed by atoms with van der Waals surface area (Å²) in [6.45, 7) is 4.01. The number of hydrogen-bond donors (Lipinski definition) is 0. The lowest BCUT2D eigenvalue weighted by molar-refractivity contribution is 0.0788. The number of carbonyl (C=O) groups is 1. The van der Waals surface area contributed by atoms with Gasteiger partial charge in [-0.3, -0.25) is 4.79 Å². The van der Waals surface area contributed by atoms with Gasteiger partial charge in [0.05, 0.1) is 9.35 Å². The summed E-state index contributed by atoms with van der Waals surface area (Å²) in [5.74, 6) is 0.831. The molecule has 2 heterocycles. The van der Waals surface area contributed by atoms with Crippen molar-refractivity contribution < 1.29 is 4.79 Å². The Morgan fingerprint density at radius 2 is 2.50 bits per heavy atom. The van der Waals surface area contributed by atoms with E-state index in [4.69, 9.17) is 0 Å². The molecule has 1 aromatic rings. The van der Waals surface area contributed by atoms with Crippen LogP contribution in [0.25, 0.3) is 0 Å². The van der Waals surface area contributed by atoms with Gasteiger partial charge in [-0.05, 0) is 34.3 Å². The summed E-state index contributed by atoms with van der Waals surface area (Å²) < 4.78 is 1.02. The van der Waals surface area contributed by atoms with E-state index in [9.17, 15) is 4.79 Å². The van der Waals surface area contributed by atoms with Gasteiger partial charge in [-0.2, -0.15) is 0 Å². The fourth-order valence-electron chi connectivity index (χ4n) is 1.72. The van der Waals surface area contributed by atoms with Gasteiger partial charge >= 0.3 is 0 Å². The molecule has 0 spiro atoms. The monoisotopic (exact) mass is 273 g/mol. The number of halogens is 1. The minimum Gasteiger partial charge on any atom is -0.338 e. The fourth-order valence-corrected chi connectivity index (χ4v) is 2.85. The van der Waals surface area contributed by atoms with Crippen molar-refractivity contribution in [1.82, 2.24) is 4.90 Å². The van der Waals surface area contributed by atoms with Crippen LogP contribution in [-0.4, -0.2) is 23.9 Å². The number of hydrogen-bond acceptors (Lipinski definition) is 2. The molecule has 0 bridgehead atoms. The van der Waals surface area contributed by atoms with Gasteiger partial charge in [0.25, 0.3) is 5.91 Å². The van der Waals surface area contributed by atoms with Crippen molar-refractivity contribution >= 4 is 33.2 Å². The highest BCUT2D eigenvalue weighted by Crippen LogP contribution is 2.24. The molecule has 1 amide bonds. The molecule has 76 valence electrons. The maximum Gasteiger partial charge on any atom is 0.254 e. The Morgan fingerprint density at radius 1 is 1.71 bits per heavy atom. The fraction of sp³-hybridized carbons (Fsp3) is 0.500. The van der Waals surface area contributed by atoms with E-state index in [2.05, 4.69) is 22.9 Å². The van der Waals surface area contributed by atoms with E-state index < -0.39 is 0 Å². The zero-order chi connectivity index (χ0) is 10.1. The molecule has 1 fully saturated rings. The summed E-state index contributed by atoms with van der Waals surface area (Å²) in [6.07, 6.45) is 1.14. The molecule has 0 radical (unpaired) electrons. The summed E-state index contributed by atoms with van der Waals surface area (Å²) in [4.78, 5) is 13.9. The third-order valence-electron chi connectivity index (χ3n) is 2.53. The summed E-state index contributed by atoms with van der Waals surface area (Å²) in [7, 11) is 0.